The Morgan fingerprint density at radius 3 is 2.37 bits per heavy atom. The van der Waals surface area contributed by atoms with E-state index in [-0.39, 0.29) is 0 Å². The number of hydrogen-bond donors (Lipinski definition) is 1. The van der Waals surface area contributed by atoms with Crippen LogP contribution in [0, 0.1) is 10.9 Å². The van der Waals surface area contributed by atoms with E-state index in [1.165, 1.54) is 16.9 Å². The second kappa shape index (κ2) is 8.94. The fraction of sp³-hybridized carbons (Fsp3) is 0.300. The highest BCUT2D eigenvalue weighted by atomic mass is 32.2. The van der Waals surface area contributed by atoms with Crippen molar-refractivity contribution in [3.05, 3.63) is 64.1 Å². The van der Waals surface area contributed by atoms with Crippen molar-refractivity contribution >= 4 is 44.4 Å². The standard InChI is InChI=1S/C20H23N5O2S3/c1-16-7-9-17(10-8-16)21-19-22-25(20(28)29-19)15-23-11-13-24(14-12-23)30(26,27)18-5-3-2-4-6-18/h2-10H,11-15H2,1H3,(H,21,22). The molecule has 0 bridgehead atoms. The Bertz CT molecular complexity index is 1150. The number of benzene rings is 2. The van der Waals surface area contributed by atoms with Crippen molar-refractivity contribution in [1.29, 1.82) is 0 Å². The predicted octanol–water partition coefficient (Wildman–Crippen LogP) is 3.69. The maximum Gasteiger partial charge on any atom is 0.243 e. The monoisotopic (exact) mass is 461 g/mol. The van der Waals surface area contributed by atoms with Crippen LogP contribution in [-0.2, 0) is 16.7 Å². The topological polar surface area (TPSA) is 70.5 Å². The largest absolute Gasteiger partial charge is 0.330 e. The SMILES string of the molecule is Cc1ccc(Nc2nn(CN3CCN(S(=O)(=O)c4ccccc4)CC3)c(=S)s2)cc1. The lowest BCUT2D eigenvalue weighted by Crippen LogP contribution is -2.48. The van der Waals surface area contributed by atoms with Crippen molar-refractivity contribution in [3.8, 4) is 0 Å². The van der Waals surface area contributed by atoms with Gasteiger partial charge in [-0.2, -0.15) is 4.31 Å². The molecule has 7 nitrogen and oxygen atoms in total. The highest BCUT2D eigenvalue weighted by Gasteiger charge is 2.28. The smallest absolute Gasteiger partial charge is 0.243 e. The van der Waals surface area contributed by atoms with Gasteiger partial charge in [0.1, 0.15) is 0 Å². The van der Waals surface area contributed by atoms with Crippen molar-refractivity contribution < 1.29 is 8.42 Å². The third kappa shape index (κ3) is 4.79. The molecule has 0 saturated carbocycles. The molecule has 10 heteroatoms. The van der Waals surface area contributed by atoms with Crippen LogP contribution in [0.4, 0.5) is 10.8 Å². The molecule has 1 aliphatic heterocycles. The average Bonchev–Trinajstić information content (AvgIpc) is 3.09. The normalized spacial score (nSPS) is 15.9. The van der Waals surface area contributed by atoms with Gasteiger partial charge in [0.15, 0.2) is 3.95 Å². The van der Waals surface area contributed by atoms with Gasteiger partial charge in [-0.1, -0.05) is 47.2 Å². The summed E-state index contributed by atoms with van der Waals surface area (Å²) in [6.45, 7) is 4.75. The van der Waals surface area contributed by atoms with Gasteiger partial charge in [0, 0.05) is 31.9 Å². The fourth-order valence-corrected chi connectivity index (χ4v) is 5.70. The average molecular weight is 462 g/mol. The molecular formula is C20H23N5O2S3. The minimum atomic E-state index is -3.44. The van der Waals surface area contributed by atoms with Crippen molar-refractivity contribution in [1.82, 2.24) is 19.0 Å². The van der Waals surface area contributed by atoms with Crippen LogP contribution in [-0.4, -0.2) is 53.6 Å². The number of hydrogen-bond acceptors (Lipinski definition) is 7. The van der Waals surface area contributed by atoms with E-state index in [1.54, 1.807) is 33.3 Å². The van der Waals surface area contributed by atoms with E-state index in [2.05, 4.69) is 15.3 Å². The zero-order valence-corrected chi connectivity index (χ0v) is 19.0. The Labute approximate surface area is 185 Å². The van der Waals surface area contributed by atoms with E-state index in [0.717, 1.165) is 10.8 Å². The number of sulfonamides is 1. The molecule has 1 saturated heterocycles. The van der Waals surface area contributed by atoms with Crippen molar-refractivity contribution in [2.45, 2.75) is 18.5 Å². The van der Waals surface area contributed by atoms with Crippen LogP contribution in [0.3, 0.4) is 0 Å². The maximum absolute atomic E-state index is 12.8. The minimum absolute atomic E-state index is 0.340. The molecule has 2 heterocycles. The summed E-state index contributed by atoms with van der Waals surface area (Å²) < 4.78 is 29.6. The summed E-state index contributed by atoms with van der Waals surface area (Å²) in [4.78, 5) is 2.51. The zero-order valence-electron chi connectivity index (χ0n) is 16.6. The Morgan fingerprint density at radius 1 is 1.03 bits per heavy atom. The van der Waals surface area contributed by atoms with E-state index in [4.69, 9.17) is 12.2 Å². The van der Waals surface area contributed by atoms with Crippen molar-refractivity contribution in [3.63, 3.8) is 0 Å². The zero-order chi connectivity index (χ0) is 21.1. The van der Waals surface area contributed by atoms with Gasteiger partial charge < -0.3 is 5.32 Å². The Morgan fingerprint density at radius 2 is 1.70 bits per heavy atom. The molecular weight excluding hydrogens is 438 g/mol. The lowest BCUT2D eigenvalue weighted by atomic mass is 10.2. The number of aryl methyl sites for hydroxylation is 1. The molecule has 2 aromatic carbocycles. The molecule has 0 unspecified atom stereocenters. The number of rotatable bonds is 6. The molecule has 0 atom stereocenters. The first-order chi connectivity index (χ1) is 14.4. The molecule has 158 valence electrons. The van der Waals surface area contributed by atoms with Gasteiger partial charge in [-0.05, 0) is 43.4 Å². The van der Waals surface area contributed by atoms with Gasteiger partial charge >= 0.3 is 0 Å². The summed E-state index contributed by atoms with van der Waals surface area (Å²) in [5, 5.41) is 8.62. The molecule has 0 aliphatic carbocycles. The lowest BCUT2D eigenvalue weighted by Gasteiger charge is -2.33. The fourth-order valence-electron chi connectivity index (χ4n) is 3.25. The lowest BCUT2D eigenvalue weighted by molar-refractivity contribution is 0.145. The Balaban J connectivity index is 1.37. The molecule has 1 N–H and O–H groups in total. The van der Waals surface area contributed by atoms with Crippen LogP contribution in [0.5, 0.6) is 0 Å². The van der Waals surface area contributed by atoms with Crippen LogP contribution >= 0.6 is 23.6 Å². The molecule has 1 fully saturated rings. The van der Waals surface area contributed by atoms with Gasteiger partial charge in [-0.25, -0.2) is 13.1 Å². The van der Waals surface area contributed by atoms with Gasteiger partial charge in [-0.3, -0.25) is 4.90 Å². The Kier molecular flexibility index (Phi) is 6.30. The number of anilines is 2. The van der Waals surface area contributed by atoms with Crippen LogP contribution in [0.1, 0.15) is 5.56 Å². The Hall–Kier alpha value is -2.11. The number of piperazine rings is 1. The van der Waals surface area contributed by atoms with Gasteiger partial charge in [0.2, 0.25) is 15.2 Å². The third-order valence-corrected chi connectivity index (χ3v) is 8.09. The minimum Gasteiger partial charge on any atom is -0.330 e. The number of nitrogens with zero attached hydrogens (tertiary/aromatic N) is 4. The summed E-state index contributed by atoms with van der Waals surface area (Å²) in [5.41, 5.74) is 2.17. The first-order valence-electron chi connectivity index (χ1n) is 9.61. The molecule has 1 aromatic heterocycles. The van der Waals surface area contributed by atoms with Crippen molar-refractivity contribution in [2.24, 2.45) is 0 Å². The van der Waals surface area contributed by atoms with Crippen molar-refractivity contribution in [2.75, 3.05) is 31.5 Å². The summed E-state index contributed by atoms with van der Waals surface area (Å²) in [6, 6.07) is 16.7. The summed E-state index contributed by atoms with van der Waals surface area (Å²) in [6.07, 6.45) is 0. The molecule has 3 aromatic rings. The first kappa shape index (κ1) is 21.1. The van der Waals surface area contributed by atoms with Crippen LogP contribution in [0.25, 0.3) is 0 Å². The van der Waals surface area contributed by atoms with E-state index < -0.39 is 10.0 Å². The van der Waals surface area contributed by atoms with Crippen LogP contribution < -0.4 is 5.32 Å². The molecule has 30 heavy (non-hydrogen) atoms. The van der Waals surface area contributed by atoms with Gasteiger partial charge in [0.25, 0.3) is 0 Å². The highest BCUT2D eigenvalue weighted by Crippen LogP contribution is 2.22. The summed E-state index contributed by atoms with van der Waals surface area (Å²) in [5.74, 6) is 0. The molecule has 0 radical (unpaired) electrons. The number of nitrogens with one attached hydrogen (secondary N) is 1. The number of aromatic nitrogens is 2. The summed E-state index contributed by atoms with van der Waals surface area (Å²) >= 11 is 6.90. The molecule has 4 rings (SSSR count). The van der Waals surface area contributed by atoms with Crippen LogP contribution in [0.15, 0.2) is 59.5 Å². The predicted molar refractivity (Wildman–Crippen MR) is 122 cm³/mol. The van der Waals surface area contributed by atoms with E-state index >= 15 is 0 Å². The first-order valence-corrected chi connectivity index (χ1v) is 12.3. The molecule has 1 aliphatic rings. The van der Waals surface area contributed by atoms with E-state index in [0.29, 0.717) is 41.7 Å². The molecule has 0 spiro atoms. The summed E-state index contributed by atoms with van der Waals surface area (Å²) in [7, 11) is -3.44. The maximum atomic E-state index is 12.8. The van der Waals surface area contributed by atoms with Gasteiger partial charge in [-0.15, -0.1) is 5.10 Å². The van der Waals surface area contributed by atoms with E-state index in [9.17, 15) is 8.42 Å². The van der Waals surface area contributed by atoms with Crippen LogP contribution in [0.2, 0.25) is 0 Å². The van der Waals surface area contributed by atoms with Gasteiger partial charge in [0.05, 0.1) is 11.6 Å². The van der Waals surface area contributed by atoms with E-state index in [1.807, 2.05) is 37.3 Å². The quantitative estimate of drug-likeness (QED) is 0.565. The third-order valence-electron chi connectivity index (χ3n) is 4.96. The second-order valence-electron chi connectivity index (χ2n) is 7.14. The molecule has 0 amide bonds. The highest BCUT2D eigenvalue weighted by molar-refractivity contribution is 7.89. The second-order valence-corrected chi connectivity index (χ2v) is 10.7.